The Labute approximate surface area is 239 Å². The van der Waals surface area contributed by atoms with Crippen LogP contribution in [0.2, 0.25) is 0 Å². The zero-order valence-electron chi connectivity index (χ0n) is 22.9. The van der Waals surface area contributed by atoms with E-state index in [1.807, 2.05) is 54.6 Å². The van der Waals surface area contributed by atoms with Crippen LogP contribution in [0, 0.1) is 5.92 Å². The summed E-state index contributed by atoms with van der Waals surface area (Å²) in [7, 11) is 0. The Bertz CT molecular complexity index is 1400. The van der Waals surface area contributed by atoms with Crippen LogP contribution in [0.4, 0.5) is 4.79 Å². The number of nitrogens with one attached hydrogen (secondary N) is 2. The molecule has 2 aliphatic carbocycles. The number of amides is 2. The Balaban J connectivity index is 1.16. The Morgan fingerprint density at radius 3 is 2.22 bits per heavy atom. The molecule has 3 aliphatic rings. The highest BCUT2D eigenvalue weighted by atomic mass is 16.5. The Morgan fingerprint density at radius 2 is 1.56 bits per heavy atom. The third kappa shape index (κ3) is 5.57. The molecular weight excluding hydrogens is 518 g/mol. The summed E-state index contributed by atoms with van der Waals surface area (Å²) in [6, 6.07) is 26.1. The molecule has 1 unspecified atom stereocenters. The summed E-state index contributed by atoms with van der Waals surface area (Å²) in [6.07, 6.45) is 1.35. The zero-order chi connectivity index (χ0) is 28.4. The number of likely N-dealkylation sites (tertiary alicyclic amines) is 1. The minimum absolute atomic E-state index is 0.0810. The van der Waals surface area contributed by atoms with Gasteiger partial charge in [-0.3, -0.25) is 14.5 Å². The molecule has 6 rings (SSSR count). The summed E-state index contributed by atoms with van der Waals surface area (Å²) in [5.41, 5.74) is 4.51. The number of fused-ring (bicyclic) bond motifs is 3. The molecule has 3 atom stereocenters. The third-order valence-corrected chi connectivity index (χ3v) is 8.83. The van der Waals surface area contributed by atoms with Crippen molar-refractivity contribution in [2.24, 2.45) is 5.92 Å². The number of carbonyl (C=O) groups excluding carboxylic acids is 2. The summed E-state index contributed by atoms with van der Waals surface area (Å²) < 4.78 is 5.82. The van der Waals surface area contributed by atoms with Gasteiger partial charge in [-0.2, -0.15) is 0 Å². The first-order valence-electron chi connectivity index (χ1n) is 14.3. The molecule has 0 spiro atoms. The van der Waals surface area contributed by atoms with Crippen LogP contribution in [-0.2, 0) is 20.9 Å². The fraction of sp³-hybridized carbons (Fsp3) is 0.364. The Hall–Kier alpha value is -4.17. The number of hydrogen-bond donors (Lipinski definition) is 3. The van der Waals surface area contributed by atoms with Crippen LogP contribution in [0.1, 0.15) is 48.3 Å². The molecule has 3 aromatic carbocycles. The lowest BCUT2D eigenvalue weighted by Crippen LogP contribution is -2.61. The second-order valence-electron chi connectivity index (χ2n) is 11.5. The summed E-state index contributed by atoms with van der Waals surface area (Å²) >= 11 is 0. The number of ether oxygens (including phenoxy) is 1. The average Bonchev–Trinajstić information content (AvgIpc) is 3.69. The fourth-order valence-electron chi connectivity index (χ4n) is 6.70. The van der Waals surface area contributed by atoms with Gasteiger partial charge in [0.1, 0.15) is 12.1 Å². The van der Waals surface area contributed by atoms with E-state index in [4.69, 9.17) is 4.74 Å². The number of alkyl carbamates (subject to hydrolysis) is 1. The molecule has 2 fully saturated rings. The summed E-state index contributed by atoms with van der Waals surface area (Å²) in [6.45, 7) is 1.79. The van der Waals surface area contributed by atoms with E-state index in [1.54, 1.807) is 0 Å². The maximum Gasteiger partial charge on any atom is 0.408 e. The first-order chi connectivity index (χ1) is 19.9. The van der Waals surface area contributed by atoms with Crippen molar-refractivity contribution in [2.75, 3.05) is 19.7 Å². The number of carboxylic acids is 1. The minimum Gasteiger partial charge on any atom is -0.481 e. The number of benzene rings is 3. The fourth-order valence-corrected chi connectivity index (χ4v) is 6.70. The van der Waals surface area contributed by atoms with E-state index in [-0.39, 0.29) is 24.5 Å². The van der Waals surface area contributed by atoms with Crippen LogP contribution < -0.4 is 10.6 Å². The van der Waals surface area contributed by atoms with E-state index < -0.39 is 23.5 Å². The summed E-state index contributed by atoms with van der Waals surface area (Å²) in [5, 5.41) is 15.4. The molecule has 0 bridgehead atoms. The molecule has 2 amide bonds. The van der Waals surface area contributed by atoms with E-state index in [1.165, 1.54) is 0 Å². The van der Waals surface area contributed by atoms with Crippen molar-refractivity contribution < 1.29 is 24.2 Å². The van der Waals surface area contributed by atoms with Crippen molar-refractivity contribution in [2.45, 2.75) is 49.7 Å². The highest BCUT2D eigenvalue weighted by molar-refractivity contribution is 5.91. The van der Waals surface area contributed by atoms with Crippen LogP contribution in [-0.4, -0.2) is 59.3 Å². The van der Waals surface area contributed by atoms with Crippen LogP contribution in [0.25, 0.3) is 11.1 Å². The normalized spacial score (nSPS) is 23.5. The molecule has 212 valence electrons. The van der Waals surface area contributed by atoms with Gasteiger partial charge in [-0.25, -0.2) is 4.79 Å². The maximum atomic E-state index is 13.8. The first-order valence-corrected chi connectivity index (χ1v) is 14.3. The van der Waals surface area contributed by atoms with Crippen molar-refractivity contribution in [1.82, 2.24) is 15.5 Å². The van der Waals surface area contributed by atoms with Gasteiger partial charge in [-0.05, 0) is 53.5 Å². The van der Waals surface area contributed by atoms with Crippen molar-refractivity contribution >= 4 is 18.0 Å². The van der Waals surface area contributed by atoms with Crippen LogP contribution in [0.15, 0.2) is 78.9 Å². The number of aliphatic carboxylic acids is 1. The zero-order valence-corrected chi connectivity index (χ0v) is 22.9. The monoisotopic (exact) mass is 553 g/mol. The van der Waals surface area contributed by atoms with Crippen molar-refractivity contribution in [3.8, 4) is 11.1 Å². The molecule has 0 aromatic heterocycles. The molecule has 1 heterocycles. The molecule has 3 aromatic rings. The first kappa shape index (κ1) is 27.0. The maximum absolute atomic E-state index is 13.8. The van der Waals surface area contributed by atoms with E-state index in [9.17, 15) is 19.5 Å². The molecule has 8 nitrogen and oxygen atoms in total. The van der Waals surface area contributed by atoms with Gasteiger partial charge in [0.2, 0.25) is 5.91 Å². The predicted molar refractivity (Wildman–Crippen MR) is 154 cm³/mol. The predicted octanol–water partition coefficient (Wildman–Crippen LogP) is 4.54. The number of rotatable bonds is 8. The van der Waals surface area contributed by atoms with Crippen LogP contribution in [0.5, 0.6) is 0 Å². The van der Waals surface area contributed by atoms with Gasteiger partial charge in [-0.1, -0.05) is 78.9 Å². The SMILES string of the molecule is O=C(NC1(C(=O)N[C@H]2CC[C@@H](C(=O)O)C2)CCN(Cc2ccccc2)C1)OCC1c2ccccc2-c2ccccc21. The average molecular weight is 554 g/mol. The van der Waals surface area contributed by atoms with Gasteiger partial charge in [0.05, 0.1) is 5.92 Å². The van der Waals surface area contributed by atoms with Crippen LogP contribution >= 0.6 is 0 Å². The number of hydrogen-bond acceptors (Lipinski definition) is 5. The number of nitrogens with zero attached hydrogens (tertiary/aromatic N) is 1. The highest BCUT2D eigenvalue weighted by Crippen LogP contribution is 2.44. The van der Waals surface area contributed by atoms with Gasteiger partial charge in [0, 0.05) is 31.6 Å². The number of carbonyl (C=O) groups is 3. The lowest BCUT2D eigenvalue weighted by atomic mass is 9.96. The Morgan fingerprint density at radius 1 is 0.902 bits per heavy atom. The van der Waals surface area contributed by atoms with Gasteiger partial charge in [0.15, 0.2) is 0 Å². The molecule has 8 heteroatoms. The van der Waals surface area contributed by atoms with Crippen molar-refractivity contribution in [1.29, 1.82) is 0 Å². The quantitative estimate of drug-likeness (QED) is 0.378. The number of carboxylic acid groups (broad SMARTS) is 1. The van der Waals surface area contributed by atoms with Crippen LogP contribution in [0.3, 0.4) is 0 Å². The van der Waals surface area contributed by atoms with E-state index in [2.05, 4.69) is 39.8 Å². The topological polar surface area (TPSA) is 108 Å². The lowest BCUT2D eigenvalue weighted by Gasteiger charge is -2.31. The van der Waals surface area contributed by atoms with Crippen molar-refractivity contribution in [3.05, 3.63) is 95.6 Å². The second kappa shape index (κ2) is 11.4. The molecule has 3 N–H and O–H groups in total. The second-order valence-corrected chi connectivity index (χ2v) is 11.5. The molecule has 41 heavy (non-hydrogen) atoms. The van der Waals surface area contributed by atoms with E-state index in [0.717, 1.165) is 27.8 Å². The van der Waals surface area contributed by atoms with E-state index in [0.29, 0.717) is 45.3 Å². The standard InChI is InChI=1S/C33H35N3O5/c37-30(38)23-14-15-24(18-23)34-31(39)33(16-17-36(21-33)19-22-8-2-1-3-9-22)35-32(40)41-20-29-27-12-6-4-10-25(27)26-11-5-7-13-28(26)29/h1-13,23-24,29H,14-21H2,(H,34,39)(H,35,40)(H,37,38)/t23-,24+,33?/m1/s1. The van der Waals surface area contributed by atoms with Gasteiger partial charge >= 0.3 is 12.1 Å². The van der Waals surface area contributed by atoms with E-state index >= 15 is 0 Å². The largest absolute Gasteiger partial charge is 0.481 e. The third-order valence-electron chi connectivity index (χ3n) is 8.83. The van der Waals surface area contributed by atoms with Gasteiger partial charge in [0.25, 0.3) is 0 Å². The lowest BCUT2D eigenvalue weighted by molar-refractivity contribution is -0.141. The molecule has 1 aliphatic heterocycles. The van der Waals surface area contributed by atoms with Crippen molar-refractivity contribution in [3.63, 3.8) is 0 Å². The molecule has 0 radical (unpaired) electrons. The van der Waals surface area contributed by atoms with Gasteiger partial charge < -0.3 is 20.5 Å². The molecule has 1 saturated carbocycles. The molecule has 1 saturated heterocycles. The minimum atomic E-state index is -1.17. The summed E-state index contributed by atoms with van der Waals surface area (Å²) in [5.74, 6) is -1.65. The smallest absolute Gasteiger partial charge is 0.408 e. The van der Waals surface area contributed by atoms with Gasteiger partial charge in [-0.15, -0.1) is 0 Å². The summed E-state index contributed by atoms with van der Waals surface area (Å²) in [4.78, 5) is 40.7. The molecular formula is C33H35N3O5. The highest BCUT2D eigenvalue weighted by Gasteiger charge is 2.47. The Kier molecular flexibility index (Phi) is 7.49.